The molecule has 8 nitrogen and oxygen atoms in total. The molecule has 3 heterocycles. The van der Waals surface area contributed by atoms with Crippen molar-refractivity contribution < 1.29 is 18.8 Å². The molecule has 5 rings (SSSR count). The maximum atomic E-state index is 12.5. The normalized spacial score (nSPS) is 15.1. The van der Waals surface area contributed by atoms with Gasteiger partial charge in [0.05, 0.1) is 6.42 Å². The second-order valence-corrected chi connectivity index (χ2v) is 6.84. The number of nitrogens with one attached hydrogen (secondary N) is 2. The minimum absolute atomic E-state index is 0.0900. The molecule has 0 spiro atoms. The first-order valence-electron chi connectivity index (χ1n) is 8.87. The fourth-order valence-electron chi connectivity index (χ4n) is 3.30. The Kier molecular flexibility index (Phi) is 3.63. The van der Waals surface area contributed by atoms with Gasteiger partial charge in [-0.3, -0.25) is 9.89 Å². The van der Waals surface area contributed by atoms with Gasteiger partial charge in [-0.25, -0.2) is 0 Å². The zero-order valence-corrected chi connectivity index (χ0v) is 14.7. The summed E-state index contributed by atoms with van der Waals surface area (Å²) in [5, 5.41) is 14.0. The van der Waals surface area contributed by atoms with E-state index in [4.69, 9.17) is 14.0 Å². The van der Waals surface area contributed by atoms with Crippen LogP contribution in [0.3, 0.4) is 0 Å². The average molecular weight is 366 g/mol. The summed E-state index contributed by atoms with van der Waals surface area (Å²) in [4.78, 5) is 12.5. The van der Waals surface area contributed by atoms with E-state index in [0.29, 0.717) is 34.7 Å². The van der Waals surface area contributed by atoms with Crippen molar-refractivity contribution >= 4 is 11.7 Å². The van der Waals surface area contributed by atoms with Gasteiger partial charge in [0.2, 0.25) is 12.7 Å². The van der Waals surface area contributed by atoms with Crippen molar-refractivity contribution in [1.82, 2.24) is 15.4 Å². The van der Waals surface area contributed by atoms with Gasteiger partial charge in [-0.1, -0.05) is 11.2 Å². The first kappa shape index (κ1) is 15.9. The number of benzene rings is 1. The molecule has 1 aromatic carbocycles. The van der Waals surface area contributed by atoms with Gasteiger partial charge < -0.3 is 19.3 Å². The highest BCUT2D eigenvalue weighted by Crippen LogP contribution is 2.40. The molecule has 8 heteroatoms. The van der Waals surface area contributed by atoms with Gasteiger partial charge in [-0.2, -0.15) is 5.10 Å². The minimum Gasteiger partial charge on any atom is -0.454 e. The quantitative estimate of drug-likeness (QED) is 0.719. The van der Waals surface area contributed by atoms with Crippen molar-refractivity contribution in [1.29, 1.82) is 0 Å². The molecule has 1 fully saturated rings. The highest BCUT2D eigenvalue weighted by Gasteiger charge is 2.26. The summed E-state index contributed by atoms with van der Waals surface area (Å²) in [7, 11) is 0. The monoisotopic (exact) mass is 366 g/mol. The number of rotatable bonds is 5. The Labute approximate surface area is 154 Å². The Hall–Kier alpha value is -3.29. The van der Waals surface area contributed by atoms with Gasteiger partial charge in [0.15, 0.2) is 17.3 Å². The highest BCUT2D eigenvalue weighted by molar-refractivity contribution is 5.92. The van der Waals surface area contributed by atoms with E-state index < -0.39 is 0 Å². The lowest BCUT2D eigenvalue weighted by molar-refractivity contribution is -0.115. The maximum Gasteiger partial charge on any atom is 0.231 e. The smallest absolute Gasteiger partial charge is 0.231 e. The molecule has 1 aliphatic carbocycles. The van der Waals surface area contributed by atoms with Crippen molar-refractivity contribution in [2.45, 2.75) is 32.1 Å². The van der Waals surface area contributed by atoms with E-state index in [1.807, 2.05) is 31.2 Å². The molecule has 2 aliphatic rings. The lowest BCUT2D eigenvalue weighted by atomic mass is 10.0. The van der Waals surface area contributed by atoms with Crippen molar-refractivity contribution in [2.75, 3.05) is 12.1 Å². The van der Waals surface area contributed by atoms with Crippen LogP contribution in [-0.4, -0.2) is 28.1 Å². The Bertz CT molecular complexity index is 1020. The van der Waals surface area contributed by atoms with E-state index in [2.05, 4.69) is 20.7 Å². The number of amides is 1. The lowest BCUT2D eigenvalue weighted by Crippen LogP contribution is -2.15. The van der Waals surface area contributed by atoms with Crippen LogP contribution in [-0.2, 0) is 11.2 Å². The van der Waals surface area contributed by atoms with Crippen LogP contribution in [0.2, 0.25) is 0 Å². The summed E-state index contributed by atoms with van der Waals surface area (Å²) in [5.41, 5.74) is 3.31. The van der Waals surface area contributed by atoms with E-state index in [1.165, 1.54) is 12.8 Å². The first-order chi connectivity index (χ1) is 13.2. The fraction of sp³-hybridized carbons (Fsp3) is 0.316. The number of hydrogen-bond acceptors (Lipinski definition) is 6. The van der Waals surface area contributed by atoms with Gasteiger partial charge in [-0.15, -0.1) is 0 Å². The van der Waals surface area contributed by atoms with Crippen LogP contribution in [0.1, 0.15) is 35.9 Å². The number of aromatic amines is 1. The number of carbonyl (C=O) groups excluding carboxylic acids is 1. The number of aromatic nitrogens is 3. The molecule has 27 heavy (non-hydrogen) atoms. The zero-order chi connectivity index (χ0) is 18.4. The third-order valence-corrected chi connectivity index (χ3v) is 4.80. The Morgan fingerprint density at radius 2 is 2.11 bits per heavy atom. The third kappa shape index (κ3) is 3.03. The van der Waals surface area contributed by atoms with Crippen LogP contribution < -0.4 is 14.8 Å². The van der Waals surface area contributed by atoms with E-state index in [1.54, 1.807) is 0 Å². The highest BCUT2D eigenvalue weighted by atomic mass is 16.7. The molecule has 3 aromatic rings. The Morgan fingerprint density at radius 1 is 1.26 bits per heavy atom. The lowest BCUT2D eigenvalue weighted by Gasteiger charge is -2.05. The molecule has 2 aromatic heterocycles. The fourth-order valence-corrected chi connectivity index (χ4v) is 3.30. The molecule has 0 radical (unpaired) electrons. The van der Waals surface area contributed by atoms with Gasteiger partial charge in [0.25, 0.3) is 0 Å². The van der Waals surface area contributed by atoms with Gasteiger partial charge in [-0.05, 0) is 37.5 Å². The second-order valence-electron chi connectivity index (χ2n) is 6.84. The molecule has 2 N–H and O–H groups in total. The molecular weight excluding hydrogens is 348 g/mol. The predicted octanol–water partition coefficient (Wildman–Crippen LogP) is 3.16. The van der Waals surface area contributed by atoms with Crippen LogP contribution in [0, 0.1) is 6.92 Å². The molecule has 0 atom stereocenters. The minimum atomic E-state index is -0.195. The third-order valence-electron chi connectivity index (χ3n) is 4.80. The summed E-state index contributed by atoms with van der Waals surface area (Å²) < 4.78 is 16.1. The summed E-state index contributed by atoms with van der Waals surface area (Å²) >= 11 is 0. The molecule has 1 saturated carbocycles. The zero-order valence-electron chi connectivity index (χ0n) is 14.7. The van der Waals surface area contributed by atoms with E-state index in [0.717, 1.165) is 16.8 Å². The van der Waals surface area contributed by atoms with E-state index in [-0.39, 0.29) is 19.1 Å². The summed E-state index contributed by atoms with van der Waals surface area (Å²) in [5.74, 6) is 2.92. The summed E-state index contributed by atoms with van der Waals surface area (Å²) in [6.07, 6.45) is 2.44. The van der Waals surface area contributed by atoms with Crippen molar-refractivity contribution in [2.24, 2.45) is 0 Å². The van der Waals surface area contributed by atoms with Gasteiger partial charge in [0.1, 0.15) is 11.5 Å². The number of carbonyl (C=O) groups is 1. The van der Waals surface area contributed by atoms with E-state index >= 15 is 0 Å². The first-order valence-corrected chi connectivity index (χ1v) is 8.87. The van der Waals surface area contributed by atoms with Crippen LogP contribution in [0.5, 0.6) is 11.5 Å². The van der Waals surface area contributed by atoms with Crippen LogP contribution >= 0.6 is 0 Å². The standard InChI is InChI=1S/C19H18N4O4/c1-10-19(12-4-5-15-16(6-12)26-9-25-15)14(23-27-10)8-18(24)20-17-7-13(21-22-17)11-2-3-11/h4-7,11H,2-3,8-9H2,1H3,(H2,20,21,22,24). The number of nitrogens with zero attached hydrogens (tertiary/aromatic N) is 2. The SMILES string of the molecule is Cc1onc(CC(=O)Nc2cc(C3CC3)[nH]n2)c1-c1ccc2c(c1)OCO2. The molecule has 1 aliphatic heterocycles. The summed E-state index contributed by atoms with van der Waals surface area (Å²) in [6, 6.07) is 7.52. The summed E-state index contributed by atoms with van der Waals surface area (Å²) in [6.45, 7) is 2.03. The number of anilines is 1. The predicted molar refractivity (Wildman–Crippen MR) is 95.7 cm³/mol. The van der Waals surface area contributed by atoms with Gasteiger partial charge >= 0.3 is 0 Å². The van der Waals surface area contributed by atoms with Crippen LogP contribution in [0.4, 0.5) is 5.82 Å². The molecule has 0 unspecified atom stereocenters. The number of H-pyrrole nitrogens is 1. The number of fused-ring (bicyclic) bond motifs is 1. The molecule has 0 saturated heterocycles. The number of hydrogen-bond donors (Lipinski definition) is 2. The maximum absolute atomic E-state index is 12.5. The topological polar surface area (TPSA) is 102 Å². The molecule has 138 valence electrons. The second kappa shape index (κ2) is 6.15. The van der Waals surface area contributed by atoms with Crippen molar-refractivity contribution in [3.63, 3.8) is 0 Å². The largest absolute Gasteiger partial charge is 0.454 e. The molecule has 0 bridgehead atoms. The van der Waals surface area contributed by atoms with Crippen molar-refractivity contribution in [3.8, 4) is 22.6 Å². The van der Waals surface area contributed by atoms with Gasteiger partial charge in [0, 0.05) is 23.2 Å². The van der Waals surface area contributed by atoms with Crippen molar-refractivity contribution in [3.05, 3.63) is 41.4 Å². The molecular formula is C19H18N4O4. The molecule has 1 amide bonds. The number of ether oxygens (including phenoxy) is 2. The number of aryl methyl sites for hydroxylation is 1. The Balaban J connectivity index is 1.35. The van der Waals surface area contributed by atoms with Crippen LogP contribution in [0.15, 0.2) is 28.8 Å². The average Bonchev–Trinajstić information content (AvgIpc) is 3.05. The Morgan fingerprint density at radius 3 is 2.96 bits per heavy atom. The van der Waals surface area contributed by atoms with E-state index in [9.17, 15) is 4.79 Å². The van der Waals surface area contributed by atoms with Crippen LogP contribution in [0.25, 0.3) is 11.1 Å².